The quantitative estimate of drug-likeness (QED) is 0.778. The third-order valence-electron chi connectivity index (χ3n) is 4.44. The Kier molecular flexibility index (Phi) is 7.06. The molecule has 0 saturated carbocycles. The molecule has 8 nitrogen and oxygen atoms in total. The fourth-order valence-corrected chi connectivity index (χ4v) is 2.95. The molecule has 1 aliphatic rings. The van der Waals surface area contributed by atoms with Crippen LogP contribution in [0.15, 0.2) is 10.5 Å². The lowest BCUT2D eigenvalue weighted by molar-refractivity contribution is -0.131. The molecule has 0 aliphatic carbocycles. The SMILES string of the molecule is COC(=O)c1cc(CN(C)C(=O)NCCC(=O)N2CCCCC2)oc1C. The largest absolute Gasteiger partial charge is 0.465 e. The first-order valence-electron chi connectivity index (χ1n) is 8.86. The van der Waals surface area contributed by atoms with Crippen LogP contribution in [-0.2, 0) is 16.1 Å². The second-order valence-corrected chi connectivity index (χ2v) is 6.45. The van der Waals surface area contributed by atoms with Crippen molar-refractivity contribution in [1.82, 2.24) is 15.1 Å². The van der Waals surface area contributed by atoms with E-state index in [4.69, 9.17) is 4.42 Å². The molecule has 1 saturated heterocycles. The minimum Gasteiger partial charge on any atom is -0.465 e. The summed E-state index contributed by atoms with van der Waals surface area (Å²) in [6, 6.07) is 1.27. The zero-order valence-electron chi connectivity index (χ0n) is 15.7. The number of hydrogen-bond acceptors (Lipinski definition) is 5. The van der Waals surface area contributed by atoms with Gasteiger partial charge >= 0.3 is 12.0 Å². The highest BCUT2D eigenvalue weighted by atomic mass is 16.5. The van der Waals surface area contributed by atoms with E-state index in [1.54, 1.807) is 20.0 Å². The van der Waals surface area contributed by atoms with E-state index in [-0.39, 0.29) is 18.5 Å². The number of methoxy groups -OCH3 is 1. The van der Waals surface area contributed by atoms with Crippen LogP contribution >= 0.6 is 0 Å². The average molecular weight is 365 g/mol. The Bertz CT molecular complexity index is 649. The van der Waals surface area contributed by atoms with Crippen LogP contribution in [-0.4, -0.2) is 61.5 Å². The standard InChI is InChI=1S/C18H27N3O5/c1-13-15(17(23)25-3)11-14(26-13)12-20(2)18(24)19-8-7-16(22)21-9-5-4-6-10-21/h11H,4-10,12H2,1-3H3,(H,19,24). The van der Waals surface area contributed by atoms with E-state index in [9.17, 15) is 14.4 Å². The number of carbonyl (C=O) groups excluding carboxylic acids is 3. The van der Waals surface area contributed by atoms with Gasteiger partial charge in [0.1, 0.15) is 17.1 Å². The van der Waals surface area contributed by atoms with Crippen LogP contribution in [0.4, 0.5) is 4.79 Å². The number of esters is 1. The highest BCUT2D eigenvalue weighted by molar-refractivity contribution is 5.90. The van der Waals surface area contributed by atoms with E-state index < -0.39 is 5.97 Å². The highest BCUT2D eigenvalue weighted by Gasteiger charge is 2.19. The summed E-state index contributed by atoms with van der Waals surface area (Å²) in [5, 5.41) is 2.73. The van der Waals surface area contributed by atoms with Gasteiger partial charge in [-0.05, 0) is 32.3 Å². The maximum Gasteiger partial charge on any atom is 0.341 e. The molecule has 144 valence electrons. The maximum absolute atomic E-state index is 12.1. The fourth-order valence-electron chi connectivity index (χ4n) is 2.95. The van der Waals surface area contributed by atoms with Crippen LogP contribution < -0.4 is 5.32 Å². The number of nitrogens with one attached hydrogen (secondary N) is 1. The van der Waals surface area contributed by atoms with Gasteiger partial charge in [0.25, 0.3) is 0 Å². The van der Waals surface area contributed by atoms with Crippen molar-refractivity contribution in [3.8, 4) is 0 Å². The number of nitrogens with zero attached hydrogens (tertiary/aromatic N) is 2. The molecule has 0 spiro atoms. The summed E-state index contributed by atoms with van der Waals surface area (Å²) in [7, 11) is 2.93. The third kappa shape index (κ3) is 5.24. The second kappa shape index (κ2) is 9.26. The Balaban J connectivity index is 1.77. The van der Waals surface area contributed by atoms with Crippen LogP contribution in [0.2, 0.25) is 0 Å². The van der Waals surface area contributed by atoms with Crippen molar-refractivity contribution < 1.29 is 23.5 Å². The molecule has 2 heterocycles. The number of urea groups is 1. The van der Waals surface area contributed by atoms with Crippen molar-refractivity contribution in [2.75, 3.05) is 33.8 Å². The lowest BCUT2D eigenvalue weighted by Crippen LogP contribution is -2.40. The van der Waals surface area contributed by atoms with E-state index in [0.717, 1.165) is 25.9 Å². The van der Waals surface area contributed by atoms with Crippen molar-refractivity contribution in [3.05, 3.63) is 23.2 Å². The molecule has 2 rings (SSSR count). The summed E-state index contributed by atoms with van der Waals surface area (Å²) in [6.45, 7) is 3.80. The molecule has 0 bridgehead atoms. The van der Waals surface area contributed by atoms with Gasteiger partial charge in [0.15, 0.2) is 0 Å². The molecule has 1 N–H and O–H groups in total. The summed E-state index contributed by atoms with van der Waals surface area (Å²) < 4.78 is 10.2. The first kappa shape index (κ1) is 19.8. The number of amides is 3. The minimum absolute atomic E-state index is 0.0806. The molecular formula is C18H27N3O5. The molecule has 3 amide bonds. The Morgan fingerprint density at radius 2 is 1.96 bits per heavy atom. The molecule has 0 atom stereocenters. The number of rotatable bonds is 6. The van der Waals surface area contributed by atoms with E-state index in [1.165, 1.54) is 18.4 Å². The third-order valence-corrected chi connectivity index (χ3v) is 4.44. The van der Waals surface area contributed by atoms with Gasteiger partial charge in [-0.25, -0.2) is 9.59 Å². The molecule has 8 heteroatoms. The topological polar surface area (TPSA) is 92.1 Å². The molecule has 26 heavy (non-hydrogen) atoms. The number of piperidine rings is 1. The first-order chi connectivity index (χ1) is 12.4. The summed E-state index contributed by atoms with van der Waals surface area (Å²) in [6.07, 6.45) is 3.58. The minimum atomic E-state index is -0.471. The number of likely N-dealkylation sites (tertiary alicyclic amines) is 1. The zero-order valence-corrected chi connectivity index (χ0v) is 15.7. The van der Waals surface area contributed by atoms with E-state index >= 15 is 0 Å². The van der Waals surface area contributed by atoms with Crippen LogP contribution in [0.25, 0.3) is 0 Å². The first-order valence-corrected chi connectivity index (χ1v) is 8.86. The monoisotopic (exact) mass is 365 g/mol. The van der Waals surface area contributed by atoms with E-state index in [0.29, 0.717) is 30.0 Å². The number of ether oxygens (including phenoxy) is 1. The normalized spacial score (nSPS) is 14.0. The zero-order chi connectivity index (χ0) is 19.1. The molecule has 0 radical (unpaired) electrons. The van der Waals surface area contributed by atoms with Crippen molar-refractivity contribution in [3.63, 3.8) is 0 Å². The predicted octanol–water partition coefficient (Wildman–Crippen LogP) is 1.92. The van der Waals surface area contributed by atoms with Gasteiger partial charge in [-0.2, -0.15) is 0 Å². The smallest absolute Gasteiger partial charge is 0.341 e. The number of aryl methyl sites for hydroxylation is 1. The summed E-state index contributed by atoms with van der Waals surface area (Å²) in [4.78, 5) is 39.1. The molecule has 0 unspecified atom stereocenters. The van der Waals surface area contributed by atoms with Crippen molar-refractivity contribution in [1.29, 1.82) is 0 Å². The Labute approximate surface area is 153 Å². The van der Waals surface area contributed by atoms with Gasteiger partial charge in [0.2, 0.25) is 5.91 Å². The summed E-state index contributed by atoms with van der Waals surface area (Å²) >= 11 is 0. The molecule has 1 fully saturated rings. The lowest BCUT2D eigenvalue weighted by Gasteiger charge is -2.26. The Hall–Kier alpha value is -2.51. The predicted molar refractivity (Wildman–Crippen MR) is 94.7 cm³/mol. The number of carbonyl (C=O) groups is 3. The molecule has 1 aliphatic heterocycles. The van der Waals surface area contributed by atoms with Crippen molar-refractivity contribution >= 4 is 17.9 Å². The van der Waals surface area contributed by atoms with E-state index in [1.807, 2.05) is 4.90 Å². The maximum atomic E-state index is 12.1. The second-order valence-electron chi connectivity index (χ2n) is 6.45. The number of hydrogen-bond donors (Lipinski definition) is 1. The summed E-state index contributed by atoms with van der Waals surface area (Å²) in [5.41, 5.74) is 0.350. The van der Waals surface area contributed by atoms with Gasteiger partial charge in [0, 0.05) is 33.1 Å². The van der Waals surface area contributed by atoms with E-state index in [2.05, 4.69) is 10.1 Å². The summed E-state index contributed by atoms with van der Waals surface area (Å²) in [5.74, 6) is 0.551. The highest BCUT2D eigenvalue weighted by Crippen LogP contribution is 2.17. The Morgan fingerprint density at radius 1 is 1.27 bits per heavy atom. The van der Waals surface area contributed by atoms with Crippen LogP contribution in [0.1, 0.15) is 47.6 Å². The molecule has 0 aromatic carbocycles. The van der Waals surface area contributed by atoms with Gasteiger partial charge in [0.05, 0.1) is 13.7 Å². The Morgan fingerprint density at radius 3 is 2.62 bits per heavy atom. The number of furan rings is 1. The van der Waals surface area contributed by atoms with Crippen LogP contribution in [0, 0.1) is 6.92 Å². The molecular weight excluding hydrogens is 338 g/mol. The van der Waals surface area contributed by atoms with Crippen molar-refractivity contribution in [2.24, 2.45) is 0 Å². The molecule has 1 aromatic heterocycles. The van der Waals surface area contributed by atoms with Crippen molar-refractivity contribution in [2.45, 2.75) is 39.2 Å². The van der Waals surface area contributed by atoms with Gasteiger partial charge < -0.3 is 24.3 Å². The van der Waals surface area contributed by atoms with Crippen LogP contribution in [0.3, 0.4) is 0 Å². The van der Waals surface area contributed by atoms with Gasteiger partial charge in [-0.1, -0.05) is 0 Å². The molecule has 1 aromatic rings. The van der Waals surface area contributed by atoms with Gasteiger partial charge in [-0.3, -0.25) is 4.79 Å². The lowest BCUT2D eigenvalue weighted by atomic mass is 10.1. The van der Waals surface area contributed by atoms with Gasteiger partial charge in [-0.15, -0.1) is 0 Å². The van der Waals surface area contributed by atoms with Crippen LogP contribution in [0.5, 0.6) is 0 Å². The fraction of sp³-hybridized carbons (Fsp3) is 0.611. The average Bonchev–Trinajstić information content (AvgIpc) is 3.01.